The molecular formula is C17H27FO4. The van der Waals surface area contributed by atoms with Crippen LogP contribution in [-0.2, 0) is 0 Å². The predicted octanol–water partition coefficient (Wildman–Crippen LogP) is 3.25. The highest BCUT2D eigenvalue weighted by Crippen LogP contribution is 2.35. The highest BCUT2D eigenvalue weighted by Gasteiger charge is 2.22. The average Bonchev–Trinajstić information content (AvgIpc) is 2.49. The fourth-order valence-electron chi connectivity index (χ4n) is 2.38. The van der Waals surface area contributed by atoms with E-state index >= 15 is 0 Å². The van der Waals surface area contributed by atoms with Crippen molar-refractivity contribution in [1.29, 1.82) is 0 Å². The Bertz CT molecular complexity index is 464. The van der Waals surface area contributed by atoms with E-state index in [1.807, 2.05) is 20.8 Å². The number of ether oxygens (including phenoxy) is 2. The van der Waals surface area contributed by atoms with Gasteiger partial charge in [0.1, 0.15) is 5.82 Å². The first kappa shape index (κ1) is 18.7. The van der Waals surface area contributed by atoms with Crippen molar-refractivity contribution in [2.45, 2.75) is 58.7 Å². The summed E-state index contributed by atoms with van der Waals surface area (Å²) in [5, 5.41) is 19.6. The summed E-state index contributed by atoms with van der Waals surface area (Å²) >= 11 is 0. The van der Waals surface area contributed by atoms with E-state index in [4.69, 9.17) is 9.47 Å². The molecule has 0 bridgehead atoms. The van der Waals surface area contributed by atoms with Gasteiger partial charge in [0.25, 0.3) is 0 Å². The number of aliphatic hydroxyl groups excluding tert-OH is 2. The standard InChI is InChI=1S/C17H27FO4/c1-5-14(19)15(20)8-11(4)12-9-16(21-6-2)17(22-7-3)10-13(12)18/h9-11,14-15,19-20H,5-8H2,1-4H3. The van der Waals surface area contributed by atoms with Gasteiger partial charge >= 0.3 is 0 Å². The topological polar surface area (TPSA) is 58.9 Å². The van der Waals surface area contributed by atoms with Crippen molar-refractivity contribution < 1.29 is 24.1 Å². The minimum Gasteiger partial charge on any atom is -0.490 e. The van der Waals surface area contributed by atoms with Gasteiger partial charge in [-0.2, -0.15) is 0 Å². The van der Waals surface area contributed by atoms with E-state index in [0.29, 0.717) is 36.7 Å². The molecule has 1 aromatic rings. The Kier molecular flexibility index (Phi) is 7.62. The highest BCUT2D eigenvalue weighted by atomic mass is 19.1. The largest absolute Gasteiger partial charge is 0.490 e. The fourth-order valence-corrected chi connectivity index (χ4v) is 2.38. The summed E-state index contributed by atoms with van der Waals surface area (Å²) in [6, 6.07) is 2.95. The molecule has 22 heavy (non-hydrogen) atoms. The van der Waals surface area contributed by atoms with Gasteiger partial charge in [-0.1, -0.05) is 13.8 Å². The lowest BCUT2D eigenvalue weighted by Crippen LogP contribution is -2.26. The van der Waals surface area contributed by atoms with Crippen molar-refractivity contribution in [1.82, 2.24) is 0 Å². The van der Waals surface area contributed by atoms with Crippen LogP contribution in [0.5, 0.6) is 11.5 Å². The molecule has 0 saturated carbocycles. The van der Waals surface area contributed by atoms with Crippen molar-refractivity contribution in [3.63, 3.8) is 0 Å². The molecule has 0 aromatic heterocycles. The molecule has 0 saturated heterocycles. The molecule has 3 unspecified atom stereocenters. The summed E-state index contributed by atoms with van der Waals surface area (Å²) in [5.74, 6) is 0.244. The van der Waals surface area contributed by atoms with Gasteiger partial charge in [-0.05, 0) is 44.2 Å². The average molecular weight is 314 g/mol. The molecule has 1 rings (SSSR count). The quantitative estimate of drug-likeness (QED) is 0.734. The van der Waals surface area contributed by atoms with E-state index in [0.717, 1.165) is 0 Å². The second-order valence-corrected chi connectivity index (χ2v) is 5.37. The van der Waals surface area contributed by atoms with Gasteiger partial charge in [0.15, 0.2) is 11.5 Å². The van der Waals surface area contributed by atoms with Crippen LogP contribution in [0.2, 0.25) is 0 Å². The summed E-state index contributed by atoms with van der Waals surface area (Å²) in [4.78, 5) is 0. The number of hydrogen-bond donors (Lipinski definition) is 2. The molecule has 1 aromatic carbocycles. The third kappa shape index (κ3) is 4.85. The van der Waals surface area contributed by atoms with Gasteiger partial charge in [-0.15, -0.1) is 0 Å². The summed E-state index contributed by atoms with van der Waals surface area (Å²) in [6.45, 7) is 8.17. The SMILES string of the molecule is CCOc1cc(F)c(C(C)CC(O)C(O)CC)cc1OCC. The number of rotatable bonds is 9. The van der Waals surface area contributed by atoms with Crippen molar-refractivity contribution in [2.24, 2.45) is 0 Å². The Morgan fingerprint density at radius 2 is 1.55 bits per heavy atom. The smallest absolute Gasteiger partial charge is 0.164 e. The Labute approximate surface area is 131 Å². The van der Waals surface area contributed by atoms with Gasteiger partial charge in [-0.25, -0.2) is 4.39 Å². The second kappa shape index (κ2) is 8.96. The monoisotopic (exact) mass is 314 g/mol. The predicted molar refractivity (Wildman–Crippen MR) is 84.1 cm³/mol. The zero-order chi connectivity index (χ0) is 16.7. The molecule has 5 heteroatoms. The van der Waals surface area contributed by atoms with E-state index in [9.17, 15) is 14.6 Å². The molecule has 0 radical (unpaired) electrons. The third-order valence-corrected chi connectivity index (χ3v) is 3.65. The Hall–Kier alpha value is -1.33. The summed E-state index contributed by atoms with van der Waals surface area (Å²) in [7, 11) is 0. The molecule has 3 atom stereocenters. The maximum atomic E-state index is 14.3. The maximum Gasteiger partial charge on any atom is 0.164 e. The fraction of sp³-hybridized carbons (Fsp3) is 0.647. The normalized spacial score (nSPS) is 15.2. The lowest BCUT2D eigenvalue weighted by Gasteiger charge is -2.22. The maximum absolute atomic E-state index is 14.3. The van der Waals surface area contributed by atoms with Crippen LogP contribution in [0.15, 0.2) is 12.1 Å². The number of benzene rings is 1. The zero-order valence-electron chi connectivity index (χ0n) is 13.8. The van der Waals surface area contributed by atoms with E-state index in [1.165, 1.54) is 6.07 Å². The minimum absolute atomic E-state index is 0.244. The second-order valence-electron chi connectivity index (χ2n) is 5.37. The zero-order valence-corrected chi connectivity index (χ0v) is 13.8. The van der Waals surface area contributed by atoms with Crippen LogP contribution in [0.1, 0.15) is 52.0 Å². The van der Waals surface area contributed by atoms with Gasteiger partial charge in [0.2, 0.25) is 0 Å². The van der Waals surface area contributed by atoms with Crippen LogP contribution < -0.4 is 9.47 Å². The lowest BCUT2D eigenvalue weighted by atomic mass is 9.92. The Morgan fingerprint density at radius 3 is 2.05 bits per heavy atom. The van der Waals surface area contributed by atoms with E-state index in [2.05, 4.69) is 0 Å². The Balaban J connectivity index is 3.00. The van der Waals surface area contributed by atoms with Crippen molar-refractivity contribution in [2.75, 3.05) is 13.2 Å². The van der Waals surface area contributed by atoms with Crippen LogP contribution in [0.3, 0.4) is 0 Å². The van der Waals surface area contributed by atoms with Gasteiger partial charge in [0.05, 0.1) is 25.4 Å². The summed E-state index contributed by atoms with van der Waals surface area (Å²) < 4.78 is 25.2. The molecule has 2 N–H and O–H groups in total. The number of halogens is 1. The minimum atomic E-state index is -0.874. The summed E-state index contributed by atoms with van der Waals surface area (Å²) in [6.07, 6.45) is -0.920. The third-order valence-electron chi connectivity index (χ3n) is 3.65. The molecule has 126 valence electrons. The van der Waals surface area contributed by atoms with Crippen molar-refractivity contribution >= 4 is 0 Å². The molecular weight excluding hydrogens is 287 g/mol. The van der Waals surface area contributed by atoms with E-state index in [1.54, 1.807) is 13.0 Å². The first-order chi connectivity index (χ1) is 10.4. The van der Waals surface area contributed by atoms with E-state index < -0.39 is 18.0 Å². The molecule has 0 aliphatic carbocycles. The summed E-state index contributed by atoms with van der Waals surface area (Å²) in [5.41, 5.74) is 0.453. The molecule has 0 spiro atoms. The van der Waals surface area contributed by atoms with Crippen LogP contribution >= 0.6 is 0 Å². The van der Waals surface area contributed by atoms with Crippen LogP contribution in [0.25, 0.3) is 0 Å². The van der Waals surface area contributed by atoms with Crippen molar-refractivity contribution in [3.8, 4) is 11.5 Å². The molecule has 0 amide bonds. The number of aliphatic hydroxyl groups is 2. The first-order valence-electron chi connectivity index (χ1n) is 7.89. The first-order valence-corrected chi connectivity index (χ1v) is 7.89. The molecule has 0 heterocycles. The molecule has 0 aliphatic heterocycles. The van der Waals surface area contributed by atoms with E-state index in [-0.39, 0.29) is 12.3 Å². The van der Waals surface area contributed by atoms with Crippen LogP contribution in [0.4, 0.5) is 4.39 Å². The van der Waals surface area contributed by atoms with Gasteiger partial charge in [0, 0.05) is 6.07 Å². The number of hydrogen-bond acceptors (Lipinski definition) is 4. The van der Waals surface area contributed by atoms with Gasteiger partial charge < -0.3 is 19.7 Å². The van der Waals surface area contributed by atoms with Crippen LogP contribution in [-0.4, -0.2) is 35.6 Å². The van der Waals surface area contributed by atoms with Crippen LogP contribution in [0, 0.1) is 5.82 Å². The molecule has 0 fully saturated rings. The molecule has 4 nitrogen and oxygen atoms in total. The van der Waals surface area contributed by atoms with Gasteiger partial charge in [-0.3, -0.25) is 0 Å². The molecule has 0 aliphatic rings. The highest BCUT2D eigenvalue weighted by molar-refractivity contribution is 5.45. The lowest BCUT2D eigenvalue weighted by molar-refractivity contribution is 0.00937. The Morgan fingerprint density at radius 1 is 1.00 bits per heavy atom. The van der Waals surface area contributed by atoms with Crippen molar-refractivity contribution in [3.05, 3.63) is 23.5 Å².